The SMILES string of the molecule is CC(C)C[C@@H](C(=O)N(C)CCCB(O)O)N(C(=O)CCC(=O)O)C(=O)[C@@H](NC(=O)[C@@H](NC(=O)[C@H](CCC(=O)O)NC(=O)[C@@H](N)CC(=O)O)C1CCCCC1)C(C)C. The Morgan fingerprint density at radius 3 is 1.86 bits per heavy atom. The van der Waals surface area contributed by atoms with Crippen LogP contribution in [0.5, 0.6) is 0 Å². The maximum Gasteiger partial charge on any atom is 0.451 e. The van der Waals surface area contributed by atoms with E-state index in [1.165, 1.54) is 11.9 Å². The van der Waals surface area contributed by atoms with Crippen molar-refractivity contribution >= 4 is 60.5 Å². The van der Waals surface area contributed by atoms with Crippen molar-refractivity contribution in [2.45, 2.75) is 141 Å². The lowest BCUT2D eigenvalue weighted by Crippen LogP contribution is -2.63. The Morgan fingerprint density at radius 1 is 0.754 bits per heavy atom. The fourth-order valence-electron chi connectivity index (χ4n) is 6.54. The number of hydrogen-bond donors (Lipinski definition) is 9. The minimum Gasteiger partial charge on any atom is -0.481 e. The standard InChI is InChI=1S/C36H61BN6O14/c1-20(2)18-25(35(54)42(5)17-9-16-37(56)57)43(26(44)13-15-28(47)48)36(55)30(21(3)4)40-34(53)31(22-10-7-6-8-11-22)41-33(52)24(12-14-27(45)46)39-32(51)23(38)19-29(49)50/h20-25,30-31,56-57H,6-19,38H2,1-5H3,(H,39,51)(H,40,53)(H,41,52)(H,45,46)(H,47,48)(H,49,50)/t23-,24-,25-,30-,31-/m0/s1. The zero-order valence-corrected chi connectivity index (χ0v) is 33.5. The van der Waals surface area contributed by atoms with Crippen molar-refractivity contribution in [3.8, 4) is 0 Å². The molecule has 322 valence electrons. The molecule has 6 amide bonds. The number of amides is 6. The normalized spacial score (nSPS) is 15.7. The van der Waals surface area contributed by atoms with E-state index in [4.69, 9.17) is 10.8 Å². The quantitative estimate of drug-likeness (QED) is 0.0515. The number of hydrogen-bond acceptors (Lipinski definition) is 12. The Kier molecular flexibility index (Phi) is 22.0. The van der Waals surface area contributed by atoms with E-state index in [2.05, 4.69) is 16.0 Å². The summed E-state index contributed by atoms with van der Waals surface area (Å²) in [6, 6.07) is -7.36. The lowest BCUT2D eigenvalue weighted by Gasteiger charge is -2.37. The van der Waals surface area contributed by atoms with Gasteiger partial charge in [-0.05, 0) is 56.2 Å². The second kappa shape index (κ2) is 24.9. The molecule has 1 aliphatic carbocycles. The lowest BCUT2D eigenvalue weighted by molar-refractivity contribution is -0.158. The van der Waals surface area contributed by atoms with Crippen molar-refractivity contribution in [3.05, 3.63) is 0 Å². The summed E-state index contributed by atoms with van der Waals surface area (Å²) >= 11 is 0. The zero-order chi connectivity index (χ0) is 43.6. The van der Waals surface area contributed by atoms with Crippen molar-refractivity contribution < 1.29 is 68.5 Å². The highest BCUT2D eigenvalue weighted by atomic mass is 16.4. The molecule has 57 heavy (non-hydrogen) atoms. The summed E-state index contributed by atoms with van der Waals surface area (Å²) in [6.45, 7) is 6.67. The summed E-state index contributed by atoms with van der Waals surface area (Å²) in [5.74, 6) is -11.0. The summed E-state index contributed by atoms with van der Waals surface area (Å²) < 4.78 is 0. The van der Waals surface area contributed by atoms with Crippen LogP contribution in [0.3, 0.4) is 0 Å². The van der Waals surface area contributed by atoms with Gasteiger partial charge >= 0.3 is 25.0 Å². The molecule has 0 heterocycles. The summed E-state index contributed by atoms with van der Waals surface area (Å²) in [6.07, 6.45) is 0.135. The first-order valence-electron chi connectivity index (χ1n) is 19.4. The number of nitrogens with one attached hydrogen (secondary N) is 3. The highest BCUT2D eigenvalue weighted by Gasteiger charge is 2.42. The van der Waals surface area contributed by atoms with E-state index in [1.54, 1.807) is 27.7 Å². The fourth-order valence-corrected chi connectivity index (χ4v) is 6.54. The molecule has 0 spiro atoms. The van der Waals surface area contributed by atoms with Crippen molar-refractivity contribution in [1.82, 2.24) is 25.8 Å². The van der Waals surface area contributed by atoms with E-state index in [9.17, 15) is 63.4 Å². The third-order valence-electron chi connectivity index (χ3n) is 9.63. The van der Waals surface area contributed by atoms with Crippen LogP contribution >= 0.6 is 0 Å². The Balaban J connectivity index is 3.63. The van der Waals surface area contributed by atoms with Gasteiger partial charge in [0.15, 0.2) is 0 Å². The molecule has 0 saturated heterocycles. The van der Waals surface area contributed by atoms with Crippen LogP contribution in [0.25, 0.3) is 0 Å². The highest BCUT2D eigenvalue weighted by Crippen LogP contribution is 2.28. The number of aliphatic carboxylic acids is 3. The first-order valence-corrected chi connectivity index (χ1v) is 19.4. The number of nitrogens with zero attached hydrogens (tertiary/aromatic N) is 2. The minimum atomic E-state index is -1.62. The van der Waals surface area contributed by atoms with Crippen LogP contribution in [0, 0.1) is 17.8 Å². The molecular formula is C36H61BN6O14. The topological polar surface area (TPSA) is 323 Å². The smallest absolute Gasteiger partial charge is 0.451 e. The van der Waals surface area contributed by atoms with Crippen LogP contribution in [0.15, 0.2) is 0 Å². The Bertz CT molecular complexity index is 1420. The van der Waals surface area contributed by atoms with Crippen LogP contribution in [0.1, 0.15) is 105 Å². The molecule has 0 radical (unpaired) electrons. The van der Waals surface area contributed by atoms with Crippen molar-refractivity contribution in [2.24, 2.45) is 23.5 Å². The zero-order valence-electron chi connectivity index (χ0n) is 33.5. The summed E-state index contributed by atoms with van der Waals surface area (Å²) in [7, 11) is -0.209. The molecule has 1 fully saturated rings. The molecule has 20 nitrogen and oxygen atoms in total. The first kappa shape index (κ1) is 50.4. The molecule has 0 aromatic rings. The molecule has 0 aromatic carbocycles. The number of nitrogens with two attached hydrogens (primary N) is 1. The van der Waals surface area contributed by atoms with Gasteiger partial charge < -0.3 is 52.0 Å². The molecule has 5 atom stereocenters. The molecule has 21 heteroatoms. The van der Waals surface area contributed by atoms with Crippen LogP contribution < -0.4 is 21.7 Å². The van der Waals surface area contributed by atoms with Crippen LogP contribution in [0.2, 0.25) is 6.32 Å². The third-order valence-corrected chi connectivity index (χ3v) is 9.63. The number of carbonyl (C=O) groups is 9. The number of carboxylic acid groups (broad SMARTS) is 3. The molecule has 1 rings (SSSR count). The van der Waals surface area contributed by atoms with Gasteiger partial charge in [-0.1, -0.05) is 47.0 Å². The monoisotopic (exact) mass is 812 g/mol. The Labute approximate surface area is 332 Å². The maximum atomic E-state index is 14.6. The van der Waals surface area contributed by atoms with Gasteiger partial charge in [0.25, 0.3) is 5.91 Å². The van der Waals surface area contributed by atoms with Crippen molar-refractivity contribution in [3.63, 3.8) is 0 Å². The predicted molar refractivity (Wildman–Crippen MR) is 204 cm³/mol. The molecule has 1 saturated carbocycles. The maximum absolute atomic E-state index is 14.6. The van der Waals surface area contributed by atoms with Gasteiger partial charge in [0.2, 0.25) is 29.5 Å². The van der Waals surface area contributed by atoms with E-state index in [0.29, 0.717) is 30.6 Å². The molecule has 0 aromatic heterocycles. The summed E-state index contributed by atoms with van der Waals surface area (Å²) in [5.41, 5.74) is 5.66. The van der Waals surface area contributed by atoms with Gasteiger partial charge in [-0.3, -0.25) is 48.1 Å². The molecule has 1 aliphatic rings. The van der Waals surface area contributed by atoms with Crippen LogP contribution in [-0.2, 0) is 43.2 Å². The highest BCUT2D eigenvalue weighted by molar-refractivity contribution is 6.40. The molecule has 0 bridgehead atoms. The lowest BCUT2D eigenvalue weighted by atomic mass is 9.83. The average Bonchev–Trinajstić information content (AvgIpc) is 3.11. The number of carbonyl (C=O) groups excluding carboxylic acids is 6. The predicted octanol–water partition coefficient (Wildman–Crippen LogP) is -0.700. The Morgan fingerprint density at radius 2 is 1.35 bits per heavy atom. The van der Waals surface area contributed by atoms with E-state index in [1.807, 2.05) is 0 Å². The van der Waals surface area contributed by atoms with Gasteiger partial charge in [-0.15, -0.1) is 0 Å². The van der Waals surface area contributed by atoms with Crippen molar-refractivity contribution in [1.29, 1.82) is 0 Å². The number of imide groups is 1. The Hall–Kier alpha value is -4.63. The largest absolute Gasteiger partial charge is 0.481 e. The van der Waals surface area contributed by atoms with Crippen LogP contribution in [0.4, 0.5) is 0 Å². The summed E-state index contributed by atoms with van der Waals surface area (Å²) in [4.78, 5) is 119. The second-order valence-electron chi connectivity index (χ2n) is 15.3. The second-order valence-corrected chi connectivity index (χ2v) is 15.3. The van der Waals surface area contributed by atoms with Gasteiger partial charge in [0.05, 0.1) is 18.9 Å². The van der Waals surface area contributed by atoms with Gasteiger partial charge in [-0.2, -0.15) is 0 Å². The van der Waals surface area contributed by atoms with Gasteiger partial charge in [-0.25, -0.2) is 0 Å². The average molecular weight is 813 g/mol. The van der Waals surface area contributed by atoms with Crippen molar-refractivity contribution in [2.75, 3.05) is 13.6 Å². The molecule has 0 unspecified atom stereocenters. The van der Waals surface area contributed by atoms with E-state index >= 15 is 0 Å². The van der Waals surface area contributed by atoms with Crippen LogP contribution in [-0.4, -0.2) is 139 Å². The number of likely N-dealkylation sites (N-methyl/N-ethyl adjacent to an activating group) is 1. The van der Waals surface area contributed by atoms with E-state index in [0.717, 1.165) is 6.42 Å². The molecule has 10 N–H and O–H groups in total. The molecule has 0 aliphatic heterocycles. The minimum absolute atomic E-state index is 0.0307. The van der Waals surface area contributed by atoms with Gasteiger partial charge in [0, 0.05) is 26.4 Å². The first-order chi connectivity index (χ1) is 26.6. The van der Waals surface area contributed by atoms with E-state index < -0.39 is 135 Å². The third kappa shape index (κ3) is 18.0. The van der Waals surface area contributed by atoms with Gasteiger partial charge in [0.1, 0.15) is 24.2 Å². The fraction of sp³-hybridized carbons (Fsp3) is 0.750. The molecular weight excluding hydrogens is 751 g/mol. The van der Waals surface area contributed by atoms with E-state index in [-0.39, 0.29) is 31.6 Å². The summed E-state index contributed by atoms with van der Waals surface area (Å²) in [5, 5.41) is 53.7. The number of rotatable bonds is 25. The number of carboxylic acids is 3.